The van der Waals surface area contributed by atoms with Crippen molar-refractivity contribution in [2.24, 2.45) is 0 Å². The molecule has 1 N–H and O–H groups in total. The number of rotatable bonds is 5. The molecule has 29 heavy (non-hydrogen) atoms. The van der Waals surface area contributed by atoms with E-state index in [9.17, 15) is 9.59 Å². The van der Waals surface area contributed by atoms with Gasteiger partial charge in [-0.2, -0.15) is 0 Å². The second-order valence-electron chi connectivity index (χ2n) is 7.38. The van der Waals surface area contributed by atoms with Crippen LogP contribution in [0.25, 0.3) is 10.9 Å². The molecule has 0 saturated carbocycles. The molecule has 6 heteroatoms. The number of aromatic carboxylic acids is 1. The number of benzene rings is 2. The largest absolute Gasteiger partial charge is 0.478 e. The van der Waals surface area contributed by atoms with Crippen molar-refractivity contribution in [1.82, 2.24) is 14.8 Å². The van der Waals surface area contributed by atoms with E-state index < -0.39 is 5.97 Å². The molecule has 0 atom stereocenters. The van der Waals surface area contributed by atoms with Crippen molar-refractivity contribution in [3.8, 4) is 0 Å². The lowest BCUT2D eigenvalue weighted by Crippen LogP contribution is -2.48. The summed E-state index contributed by atoms with van der Waals surface area (Å²) < 4.78 is 0. The Balaban J connectivity index is 1.32. The standard InChI is InChI=1S/C23H23N3O3/c27-22(14-17-4-3-6-20(12-17)23(28)29)26-10-8-25(9-11-26)16-18-13-19-5-1-2-7-21(19)24-15-18/h1-7,12-13,15H,8-11,14,16H2,(H,28,29). The Morgan fingerprint density at radius 1 is 0.931 bits per heavy atom. The number of fused-ring (bicyclic) bond motifs is 1. The van der Waals surface area contributed by atoms with Crippen molar-refractivity contribution in [3.05, 3.63) is 77.5 Å². The third-order valence-corrected chi connectivity index (χ3v) is 5.31. The molecule has 6 nitrogen and oxygen atoms in total. The van der Waals surface area contributed by atoms with Gasteiger partial charge in [-0.3, -0.25) is 14.7 Å². The highest BCUT2D eigenvalue weighted by molar-refractivity contribution is 5.88. The van der Waals surface area contributed by atoms with Crippen LogP contribution in [-0.2, 0) is 17.8 Å². The van der Waals surface area contributed by atoms with E-state index in [1.54, 1.807) is 18.2 Å². The van der Waals surface area contributed by atoms with E-state index >= 15 is 0 Å². The zero-order chi connectivity index (χ0) is 20.2. The molecule has 0 spiro atoms. The Bertz CT molecular complexity index is 1040. The number of nitrogens with zero attached hydrogens (tertiary/aromatic N) is 3. The van der Waals surface area contributed by atoms with Gasteiger partial charge in [0.25, 0.3) is 0 Å². The predicted molar refractivity (Wildman–Crippen MR) is 111 cm³/mol. The van der Waals surface area contributed by atoms with Gasteiger partial charge in [0.2, 0.25) is 5.91 Å². The van der Waals surface area contributed by atoms with Gasteiger partial charge in [-0.25, -0.2) is 4.79 Å². The minimum Gasteiger partial charge on any atom is -0.478 e. The molecule has 1 aromatic heterocycles. The van der Waals surface area contributed by atoms with E-state index in [0.29, 0.717) is 13.1 Å². The minimum atomic E-state index is -0.976. The fraction of sp³-hybridized carbons (Fsp3) is 0.261. The SMILES string of the molecule is O=C(O)c1cccc(CC(=O)N2CCN(Cc3cnc4ccccc4c3)CC2)c1. The third kappa shape index (κ3) is 4.60. The van der Waals surface area contributed by atoms with Gasteiger partial charge in [0.15, 0.2) is 0 Å². The normalized spacial score (nSPS) is 14.8. The van der Waals surface area contributed by atoms with Crippen LogP contribution in [0.1, 0.15) is 21.5 Å². The zero-order valence-corrected chi connectivity index (χ0v) is 16.1. The summed E-state index contributed by atoms with van der Waals surface area (Å²) in [6.07, 6.45) is 2.16. The van der Waals surface area contributed by atoms with Crippen LogP contribution in [0.4, 0.5) is 0 Å². The molecule has 4 rings (SSSR count). The van der Waals surface area contributed by atoms with Crippen molar-refractivity contribution in [1.29, 1.82) is 0 Å². The van der Waals surface area contributed by atoms with Crippen LogP contribution in [0.2, 0.25) is 0 Å². The first-order valence-corrected chi connectivity index (χ1v) is 9.74. The van der Waals surface area contributed by atoms with E-state index in [1.165, 1.54) is 11.6 Å². The fourth-order valence-corrected chi connectivity index (χ4v) is 3.72. The van der Waals surface area contributed by atoms with Crippen molar-refractivity contribution < 1.29 is 14.7 Å². The van der Waals surface area contributed by atoms with Gasteiger partial charge in [-0.1, -0.05) is 30.3 Å². The second-order valence-corrected chi connectivity index (χ2v) is 7.38. The molecular weight excluding hydrogens is 366 g/mol. The highest BCUT2D eigenvalue weighted by atomic mass is 16.4. The van der Waals surface area contributed by atoms with Gasteiger partial charge in [0.1, 0.15) is 0 Å². The molecule has 1 saturated heterocycles. The molecule has 0 radical (unpaired) electrons. The van der Waals surface area contributed by atoms with E-state index in [-0.39, 0.29) is 17.9 Å². The second kappa shape index (κ2) is 8.41. The Kier molecular flexibility index (Phi) is 5.53. The van der Waals surface area contributed by atoms with Gasteiger partial charge >= 0.3 is 5.97 Å². The monoisotopic (exact) mass is 389 g/mol. The van der Waals surface area contributed by atoms with Crippen LogP contribution in [0, 0.1) is 0 Å². The summed E-state index contributed by atoms with van der Waals surface area (Å²) in [4.78, 5) is 32.4. The first-order chi connectivity index (χ1) is 14.1. The molecular formula is C23H23N3O3. The maximum atomic E-state index is 12.6. The van der Waals surface area contributed by atoms with E-state index in [2.05, 4.69) is 22.0 Å². The number of carbonyl (C=O) groups is 2. The molecule has 1 aliphatic heterocycles. The first kappa shape index (κ1) is 19.1. The van der Waals surface area contributed by atoms with Gasteiger partial charge < -0.3 is 10.0 Å². The smallest absolute Gasteiger partial charge is 0.335 e. The van der Waals surface area contributed by atoms with E-state index in [0.717, 1.165) is 36.1 Å². The summed E-state index contributed by atoms with van der Waals surface area (Å²) in [6.45, 7) is 3.80. The number of hydrogen-bond donors (Lipinski definition) is 1. The van der Waals surface area contributed by atoms with Gasteiger partial charge in [-0.05, 0) is 35.4 Å². The Morgan fingerprint density at radius 2 is 1.72 bits per heavy atom. The summed E-state index contributed by atoms with van der Waals surface area (Å²) in [5.74, 6) is -0.935. The average molecular weight is 389 g/mol. The molecule has 2 heterocycles. The van der Waals surface area contributed by atoms with E-state index in [1.807, 2.05) is 29.3 Å². The van der Waals surface area contributed by atoms with Crippen LogP contribution >= 0.6 is 0 Å². The van der Waals surface area contributed by atoms with Crippen LogP contribution in [0.3, 0.4) is 0 Å². The highest BCUT2D eigenvalue weighted by Gasteiger charge is 2.21. The third-order valence-electron chi connectivity index (χ3n) is 5.31. The molecule has 1 amide bonds. The van der Waals surface area contributed by atoms with Crippen LogP contribution < -0.4 is 0 Å². The topological polar surface area (TPSA) is 73.7 Å². The van der Waals surface area contributed by atoms with Crippen molar-refractivity contribution in [2.75, 3.05) is 26.2 Å². The molecule has 148 valence electrons. The molecule has 0 aliphatic carbocycles. The summed E-state index contributed by atoms with van der Waals surface area (Å²) in [7, 11) is 0. The highest BCUT2D eigenvalue weighted by Crippen LogP contribution is 2.16. The molecule has 2 aromatic carbocycles. The van der Waals surface area contributed by atoms with Gasteiger partial charge in [-0.15, -0.1) is 0 Å². The predicted octanol–water partition coefficient (Wildman–Crippen LogP) is 2.82. The Hall–Kier alpha value is -3.25. The summed E-state index contributed by atoms with van der Waals surface area (Å²) in [6, 6.07) is 16.9. The lowest BCUT2D eigenvalue weighted by atomic mass is 10.1. The van der Waals surface area contributed by atoms with Crippen LogP contribution in [0.5, 0.6) is 0 Å². The number of hydrogen-bond acceptors (Lipinski definition) is 4. The van der Waals surface area contributed by atoms with Gasteiger partial charge in [0.05, 0.1) is 17.5 Å². The lowest BCUT2D eigenvalue weighted by Gasteiger charge is -2.34. The Morgan fingerprint density at radius 3 is 2.52 bits per heavy atom. The number of para-hydroxylation sites is 1. The summed E-state index contributed by atoms with van der Waals surface area (Å²) >= 11 is 0. The quantitative estimate of drug-likeness (QED) is 0.726. The number of carbonyl (C=O) groups excluding carboxylic acids is 1. The summed E-state index contributed by atoms with van der Waals surface area (Å²) in [5.41, 5.74) is 3.12. The fourth-order valence-electron chi connectivity index (χ4n) is 3.72. The number of pyridine rings is 1. The molecule has 0 bridgehead atoms. The number of carboxylic acid groups (broad SMARTS) is 1. The minimum absolute atomic E-state index is 0.0413. The molecule has 0 unspecified atom stereocenters. The van der Waals surface area contributed by atoms with Crippen LogP contribution in [0.15, 0.2) is 60.8 Å². The van der Waals surface area contributed by atoms with Crippen molar-refractivity contribution >= 4 is 22.8 Å². The van der Waals surface area contributed by atoms with E-state index in [4.69, 9.17) is 5.11 Å². The number of amides is 1. The molecule has 3 aromatic rings. The van der Waals surface area contributed by atoms with Crippen LogP contribution in [-0.4, -0.2) is 57.9 Å². The molecule has 1 fully saturated rings. The first-order valence-electron chi connectivity index (χ1n) is 9.74. The van der Waals surface area contributed by atoms with Crippen molar-refractivity contribution in [3.63, 3.8) is 0 Å². The molecule has 1 aliphatic rings. The maximum Gasteiger partial charge on any atom is 0.335 e. The number of aromatic nitrogens is 1. The lowest BCUT2D eigenvalue weighted by molar-refractivity contribution is -0.132. The number of piperazine rings is 1. The van der Waals surface area contributed by atoms with Gasteiger partial charge in [0, 0.05) is 44.3 Å². The Labute approximate surface area is 169 Å². The zero-order valence-electron chi connectivity index (χ0n) is 16.1. The average Bonchev–Trinajstić information content (AvgIpc) is 2.74. The number of carboxylic acids is 1. The summed E-state index contributed by atoms with van der Waals surface area (Å²) in [5, 5.41) is 10.2. The maximum absolute atomic E-state index is 12.6. The van der Waals surface area contributed by atoms with Crippen molar-refractivity contribution in [2.45, 2.75) is 13.0 Å².